The molecule has 1 saturated heterocycles. The number of ether oxygens (including phenoxy) is 1. The Labute approximate surface area is 72.3 Å². The van der Waals surface area contributed by atoms with E-state index in [2.05, 4.69) is 12.2 Å². The van der Waals surface area contributed by atoms with E-state index < -0.39 is 0 Å². The summed E-state index contributed by atoms with van der Waals surface area (Å²) in [6.07, 6.45) is 1.11. The first-order chi connectivity index (χ1) is 5.20. The quantitative estimate of drug-likeness (QED) is 0.589. The maximum absolute atomic E-state index is 5.34. The van der Waals surface area contributed by atoms with Crippen molar-refractivity contribution in [3.63, 3.8) is 0 Å². The van der Waals surface area contributed by atoms with Gasteiger partial charge < -0.3 is 15.8 Å². The highest BCUT2D eigenvalue weighted by atomic mass is 32.1. The second kappa shape index (κ2) is 3.88. The minimum Gasteiger partial charge on any atom is -0.381 e. The van der Waals surface area contributed by atoms with E-state index in [0.29, 0.717) is 17.1 Å². The minimum absolute atomic E-state index is 0.343. The molecule has 0 aromatic heterocycles. The Hall–Kier alpha value is -0.350. The summed E-state index contributed by atoms with van der Waals surface area (Å²) in [5, 5.41) is 3.39. The van der Waals surface area contributed by atoms with Crippen LogP contribution in [0, 0.1) is 5.92 Å². The van der Waals surface area contributed by atoms with Crippen LogP contribution in [0.15, 0.2) is 0 Å². The van der Waals surface area contributed by atoms with E-state index >= 15 is 0 Å². The molecule has 1 rings (SSSR count). The molecule has 0 aromatic rings. The first-order valence-corrected chi connectivity index (χ1v) is 4.24. The number of nitrogens with one attached hydrogen (secondary N) is 1. The molecule has 0 saturated carbocycles. The van der Waals surface area contributed by atoms with Crippen LogP contribution in [0.1, 0.15) is 13.3 Å². The second-order valence-corrected chi connectivity index (χ2v) is 3.36. The Bertz CT molecular complexity index is 145. The summed E-state index contributed by atoms with van der Waals surface area (Å²) < 4.78 is 5.24. The summed E-state index contributed by atoms with van der Waals surface area (Å²) in [6, 6.07) is 0.343. The Morgan fingerprint density at radius 2 is 2.55 bits per heavy atom. The molecule has 4 heteroatoms. The van der Waals surface area contributed by atoms with Crippen LogP contribution in [-0.4, -0.2) is 24.4 Å². The molecule has 1 heterocycles. The van der Waals surface area contributed by atoms with Gasteiger partial charge in [-0.2, -0.15) is 0 Å². The second-order valence-electron chi connectivity index (χ2n) is 2.92. The predicted molar refractivity (Wildman–Crippen MR) is 48.3 cm³/mol. The van der Waals surface area contributed by atoms with Gasteiger partial charge in [0.1, 0.15) is 0 Å². The van der Waals surface area contributed by atoms with Crippen LogP contribution < -0.4 is 11.1 Å². The normalized spacial score (nSPS) is 26.5. The number of hydrogen-bond acceptors (Lipinski definition) is 2. The molecule has 0 radical (unpaired) electrons. The molecule has 0 aliphatic carbocycles. The third kappa shape index (κ3) is 2.63. The van der Waals surface area contributed by atoms with Crippen molar-refractivity contribution in [2.45, 2.75) is 19.4 Å². The number of rotatable bonds is 2. The number of hydrogen-bond donors (Lipinski definition) is 2. The van der Waals surface area contributed by atoms with Crippen LogP contribution in [0.2, 0.25) is 0 Å². The molecular formula is C7H14N2OS. The van der Waals surface area contributed by atoms with Gasteiger partial charge in [0, 0.05) is 18.6 Å². The summed E-state index contributed by atoms with van der Waals surface area (Å²) in [7, 11) is 0. The van der Waals surface area contributed by atoms with Gasteiger partial charge in [-0.1, -0.05) is 0 Å². The highest BCUT2D eigenvalue weighted by Crippen LogP contribution is 2.15. The van der Waals surface area contributed by atoms with Gasteiger partial charge in [0.15, 0.2) is 5.11 Å². The lowest BCUT2D eigenvalue weighted by molar-refractivity contribution is 0.180. The predicted octanol–water partition coefficient (Wildman–Crippen LogP) is 0.245. The van der Waals surface area contributed by atoms with Crippen LogP contribution in [-0.2, 0) is 4.74 Å². The molecule has 0 bridgehead atoms. The van der Waals surface area contributed by atoms with Crippen molar-refractivity contribution < 1.29 is 4.74 Å². The van der Waals surface area contributed by atoms with Crippen LogP contribution in [0.25, 0.3) is 0 Å². The number of thiocarbonyl (C=S) groups is 1. The molecule has 3 N–H and O–H groups in total. The molecule has 1 aliphatic heterocycles. The highest BCUT2D eigenvalue weighted by molar-refractivity contribution is 7.80. The minimum atomic E-state index is 0.343. The maximum atomic E-state index is 5.34. The third-order valence-electron chi connectivity index (χ3n) is 2.04. The standard InChI is InChI=1S/C7H14N2OS/c1-5(9-7(8)11)6-2-3-10-4-6/h5-6H,2-4H2,1H3,(H3,8,9,11). The topological polar surface area (TPSA) is 47.3 Å². The first kappa shape index (κ1) is 8.74. The third-order valence-corrected chi connectivity index (χ3v) is 2.16. The van der Waals surface area contributed by atoms with Gasteiger partial charge in [0.05, 0.1) is 6.61 Å². The number of nitrogens with two attached hydrogens (primary N) is 1. The molecule has 1 fully saturated rings. The fourth-order valence-corrected chi connectivity index (χ4v) is 1.48. The lowest BCUT2D eigenvalue weighted by Crippen LogP contribution is -2.41. The van der Waals surface area contributed by atoms with Crippen molar-refractivity contribution in [1.82, 2.24) is 5.32 Å². The fraction of sp³-hybridized carbons (Fsp3) is 0.857. The van der Waals surface area contributed by atoms with Crippen LogP contribution in [0.3, 0.4) is 0 Å². The van der Waals surface area contributed by atoms with Crippen LogP contribution >= 0.6 is 12.2 Å². The molecule has 0 amide bonds. The molecule has 3 nitrogen and oxygen atoms in total. The summed E-state index contributed by atoms with van der Waals surface area (Å²) in [4.78, 5) is 0. The molecule has 2 atom stereocenters. The van der Waals surface area contributed by atoms with E-state index in [1.54, 1.807) is 0 Å². The summed E-state index contributed by atoms with van der Waals surface area (Å²) in [5.74, 6) is 0.566. The van der Waals surface area contributed by atoms with Gasteiger partial charge in [-0.15, -0.1) is 0 Å². The SMILES string of the molecule is CC(NC(N)=S)C1CCOC1. The highest BCUT2D eigenvalue weighted by Gasteiger charge is 2.21. The Balaban J connectivity index is 2.28. The molecule has 1 aliphatic rings. The summed E-state index contributed by atoms with van der Waals surface area (Å²) in [6.45, 7) is 3.78. The zero-order valence-corrected chi connectivity index (χ0v) is 7.49. The van der Waals surface area contributed by atoms with E-state index in [9.17, 15) is 0 Å². The Morgan fingerprint density at radius 1 is 1.82 bits per heavy atom. The lowest BCUT2D eigenvalue weighted by Gasteiger charge is -2.18. The van der Waals surface area contributed by atoms with Crippen molar-refractivity contribution in [2.24, 2.45) is 11.7 Å². The Kier molecular flexibility index (Phi) is 3.08. The van der Waals surface area contributed by atoms with Crippen molar-refractivity contribution in [2.75, 3.05) is 13.2 Å². The van der Waals surface area contributed by atoms with Gasteiger partial charge in [0.2, 0.25) is 0 Å². The van der Waals surface area contributed by atoms with E-state index in [-0.39, 0.29) is 0 Å². The first-order valence-electron chi connectivity index (χ1n) is 3.84. The van der Waals surface area contributed by atoms with Crippen molar-refractivity contribution in [3.8, 4) is 0 Å². The molecular weight excluding hydrogens is 160 g/mol. The van der Waals surface area contributed by atoms with Gasteiger partial charge >= 0.3 is 0 Å². The van der Waals surface area contributed by atoms with Gasteiger partial charge in [-0.25, -0.2) is 0 Å². The molecule has 64 valence electrons. The van der Waals surface area contributed by atoms with E-state index in [1.807, 2.05) is 0 Å². The largest absolute Gasteiger partial charge is 0.381 e. The van der Waals surface area contributed by atoms with Crippen LogP contribution in [0.4, 0.5) is 0 Å². The smallest absolute Gasteiger partial charge is 0.163 e. The van der Waals surface area contributed by atoms with E-state index in [4.69, 9.17) is 22.7 Å². The Morgan fingerprint density at radius 3 is 3.00 bits per heavy atom. The van der Waals surface area contributed by atoms with Crippen LogP contribution in [0.5, 0.6) is 0 Å². The lowest BCUT2D eigenvalue weighted by atomic mass is 10.0. The summed E-state index contributed by atoms with van der Waals surface area (Å²) >= 11 is 4.73. The molecule has 2 unspecified atom stereocenters. The summed E-state index contributed by atoms with van der Waals surface area (Å²) in [5.41, 5.74) is 5.34. The van der Waals surface area contributed by atoms with Gasteiger partial charge in [-0.05, 0) is 25.6 Å². The molecule has 0 aromatic carbocycles. The van der Waals surface area contributed by atoms with Crippen molar-refractivity contribution >= 4 is 17.3 Å². The molecule has 11 heavy (non-hydrogen) atoms. The monoisotopic (exact) mass is 174 g/mol. The zero-order valence-electron chi connectivity index (χ0n) is 6.67. The van der Waals surface area contributed by atoms with E-state index in [1.165, 1.54) is 0 Å². The van der Waals surface area contributed by atoms with Crippen molar-refractivity contribution in [3.05, 3.63) is 0 Å². The average molecular weight is 174 g/mol. The average Bonchev–Trinajstić information content (AvgIpc) is 2.35. The van der Waals surface area contributed by atoms with Crippen molar-refractivity contribution in [1.29, 1.82) is 0 Å². The molecule has 0 spiro atoms. The van der Waals surface area contributed by atoms with Gasteiger partial charge in [-0.3, -0.25) is 0 Å². The van der Waals surface area contributed by atoms with Gasteiger partial charge in [0.25, 0.3) is 0 Å². The maximum Gasteiger partial charge on any atom is 0.163 e. The zero-order chi connectivity index (χ0) is 8.27. The fourth-order valence-electron chi connectivity index (χ4n) is 1.29. The van der Waals surface area contributed by atoms with E-state index in [0.717, 1.165) is 19.6 Å².